The van der Waals surface area contributed by atoms with Gasteiger partial charge in [-0.25, -0.2) is 4.79 Å². The average molecular weight is 278 g/mol. The van der Waals surface area contributed by atoms with E-state index in [0.29, 0.717) is 6.54 Å². The maximum atomic E-state index is 12.1. The summed E-state index contributed by atoms with van der Waals surface area (Å²) in [5, 5.41) is 6.24. The fraction of sp³-hybridized carbons (Fsp3) is 0.812. The third-order valence-electron chi connectivity index (χ3n) is 5.20. The number of urea groups is 1. The van der Waals surface area contributed by atoms with Gasteiger partial charge in [0.25, 0.3) is 0 Å². The van der Waals surface area contributed by atoms with Gasteiger partial charge in [0.2, 0.25) is 0 Å². The first-order chi connectivity index (χ1) is 9.78. The van der Waals surface area contributed by atoms with Crippen molar-refractivity contribution in [2.75, 3.05) is 19.8 Å². The summed E-state index contributed by atoms with van der Waals surface area (Å²) >= 11 is 0. The summed E-state index contributed by atoms with van der Waals surface area (Å²) < 4.78 is 5.68. The highest BCUT2D eigenvalue weighted by atomic mass is 16.5. The van der Waals surface area contributed by atoms with Gasteiger partial charge in [-0.2, -0.15) is 0 Å². The van der Waals surface area contributed by atoms with Gasteiger partial charge in [0.15, 0.2) is 0 Å². The third-order valence-corrected chi connectivity index (χ3v) is 5.20. The lowest BCUT2D eigenvalue weighted by Crippen LogP contribution is -2.54. The van der Waals surface area contributed by atoms with Gasteiger partial charge >= 0.3 is 6.03 Å². The van der Waals surface area contributed by atoms with E-state index in [2.05, 4.69) is 16.7 Å². The molecule has 3 aliphatic rings. The highest BCUT2D eigenvalue weighted by Gasteiger charge is 2.44. The Balaban J connectivity index is 1.51. The lowest BCUT2D eigenvalue weighted by Gasteiger charge is -2.41. The van der Waals surface area contributed by atoms with E-state index in [-0.39, 0.29) is 17.5 Å². The van der Waals surface area contributed by atoms with Crippen molar-refractivity contribution >= 4 is 6.03 Å². The minimum absolute atomic E-state index is 0.00373. The normalized spacial score (nSPS) is 28.4. The molecule has 1 atom stereocenters. The van der Waals surface area contributed by atoms with E-state index in [1.165, 1.54) is 44.1 Å². The summed E-state index contributed by atoms with van der Waals surface area (Å²) in [4.78, 5) is 12.1. The number of carbonyl (C=O) groups is 1. The van der Waals surface area contributed by atoms with Gasteiger partial charge in [0.1, 0.15) is 0 Å². The quantitative estimate of drug-likeness (QED) is 0.780. The molecular formula is C16H26N2O2. The Kier molecular flexibility index (Phi) is 4.29. The molecule has 3 rings (SSSR count). The lowest BCUT2D eigenvalue weighted by molar-refractivity contribution is -0.0263. The molecule has 1 saturated carbocycles. The number of allylic oxidation sites excluding steroid dienone is 1. The number of rotatable bonds is 3. The van der Waals surface area contributed by atoms with E-state index < -0.39 is 0 Å². The Morgan fingerprint density at radius 2 is 2.20 bits per heavy atom. The first-order valence-corrected chi connectivity index (χ1v) is 8.09. The SMILES string of the molecule is O=C(NCC1=CCCC1)NC1CCOCC12CCCC2. The molecular weight excluding hydrogens is 252 g/mol. The maximum Gasteiger partial charge on any atom is 0.315 e. The van der Waals surface area contributed by atoms with Crippen LogP contribution in [-0.2, 0) is 4.74 Å². The molecule has 2 fully saturated rings. The van der Waals surface area contributed by atoms with E-state index in [1.54, 1.807) is 0 Å². The van der Waals surface area contributed by atoms with Crippen LogP contribution in [0, 0.1) is 5.41 Å². The standard InChI is InChI=1S/C16H26N2O2/c19-15(17-11-13-5-1-2-6-13)18-14-7-10-20-12-16(14)8-3-4-9-16/h5,14H,1-4,6-12H2,(H2,17,18,19). The van der Waals surface area contributed by atoms with Crippen LogP contribution >= 0.6 is 0 Å². The van der Waals surface area contributed by atoms with Crippen LogP contribution < -0.4 is 10.6 Å². The zero-order chi connectivity index (χ0) is 13.8. The number of hydrogen-bond donors (Lipinski definition) is 2. The Morgan fingerprint density at radius 3 is 2.95 bits per heavy atom. The molecule has 2 amide bonds. The van der Waals surface area contributed by atoms with Crippen molar-refractivity contribution in [2.24, 2.45) is 5.41 Å². The van der Waals surface area contributed by atoms with Crippen molar-refractivity contribution in [3.8, 4) is 0 Å². The summed E-state index contributed by atoms with van der Waals surface area (Å²) in [7, 11) is 0. The minimum atomic E-state index is -0.00373. The number of hydrogen-bond acceptors (Lipinski definition) is 2. The highest BCUT2D eigenvalue weighted by Crippen LogP contribution is 2.44. The summed E-state index contributed by atoms with van der Waals surface area (Å²) in [6.45, 7) is 2.31. The van der Waals surface area contributed by atoms with Gasteiger partial charge in [0.05, 0.1) is 6.61 Å². The molecule has 4 nitrogen and oxygen atoms in total. The zero-order valence-corrected chi connectivity index (χ0v) is 12.2. The topological polar surface area (TPSA) is 50.4 Å². The van der Waals surface area contributed by atoms with Crippen molar-refractivity contribution < 1.29 is 9.53 Å². The monoisotopic (exact) mass is 278 g/mol. The number of nitrogens with one attached hydrogen (secondary N) is 2. The fourth-order valence-corrected chi connectivity index (χ4v) is 3.98. The molecule has 1 heterocycles. The summed E-state index contributed by atoms with van der Waals surface area (Å²) in [6, 6.07) is 0.285. The largest absolute Gasteiger partial charge is 0.381 e. The fourth-order valence-electron chi connectivity index (χ4n) is 3.98. The number of carbonyl (C=O) groups excluding carboxylic acids is 1. The second-order valence-corrected chi connectivity index (χ2v) is 6.54. The number of ether oxygens (including phenoxy) is 1. The maximum absolute atomic E-state index is 12.1. The van der Waals surface area contributed by atoms with Gasteiger partial charge in [-0.3, -0.25) is 0 Å². The van der Waals surface area contributed by atoms with Crippen molar-refractivity contribution in [3.63, 3.8) is 0 Å². The molecule has 1 aliphatic heterocycles. The van der Waals surface area contributed by atoms with Crippen LogP contribution in [0.3, 0.4) is 0 Å². The molecule has 4 heteroatoms. The molecule has 0 aromatic heterocycles. The molecule has 112 valence electrons. The van der Waals surface area contributed by atoms with E-state index in [9.17, 15) is 4.79 Å². The van der Waals surface area contributed by atoms with E-state index in [0.717, 1.165) is 26.1 Å². The molecule has 2 N–H and O–H groups in total. The molecule has 0 bridgehead atoms. The van der Waals surface area contributed by atoms with Crippen LogP contribution in [-0.4, -0.2) is 31.8 Å². The second kappa shape index (κ2) is 6.17. The van der Waals surface area contributed by atoms with Crippen LogP contribution in [0.25, 0.3) is 0 Å². The Labute approximate surface area is 121 Å². The van der Waals surface area contributed by atoms with Gasteiger partial charge in [-0.05, 0) is 38.5 Å². The molecule has 1 saturated heterocycles. The summed E-state index contributed by atoms with van der Waals surface area (Å²) in [5.41, 5.74) is 1.59. The second-order valence-electron chi connectivity index (χ2n) is 6.54. The Hall–Kier alpha value is -1.03. The van der Waals surface area contributed by atoms with Crippen LogP contribution in [0.15, 0.2) is 11.6 Å². The molecule has 1 unspecified atom stereocenters. The lowest BCUT2D eigenvalue weighted by atomic mass is 9.76. The smallest absolute Gasteiger partial charge is 0.315 e. The summed E-state index contributed by atoms with van der Waals surface area (Å²) in [5.74, 6) is 0. The van der Waals surface area contributed by atoms with Crippen LogP contribution in [0.5, 0.6) is 0 Å². The van der Waals surface area contributed by atoms with Crippen LogP contribution in [0.1, 0.15) is 51.4 Å². The molecule has 0 aromatic rings. The van der Waals surface area contributed by atoms with E-state index in [4.69, 9.17) is 4.74 Å². The average Bonchev–Trinajstić information content (AvgIpc) is 3.12. The van der Waals surface area contributed by atoms with Crippen molar-refractivity contribution in [1.29, 1.82) is 0 Å². The number of amides is 2. The van der Waals surface area contributed by atoms with Crippen molar-refractivity contribution in [3.05, 3.63) is 11.6 Å². The van der Waals surface area contributed by atoms with Crippen LogP contribution in [0.2, 0.25) is 0 Å². The predicted octanol–water partition coefficient (Wildman–Crippen LogP) is 2.75. The van der Waals surface area contributed by atoms with Gasteiger partial charge in [-0.1, -0.05) is 24.5 Å². The van der Waals surface area contributed by atoms with Gasteiger partial charge < -0.3 is 15.4 Å². The first kappa shape index (κ1) is 13.9. The molecule has 0 aromatic carbocycles. The molecule has 2 aliphatic carbocycles. The Morgan fingerprint density at radius 1 is 1.35 bits per heavy atom. The van der Waals surface area contributed by atoms with E-state index in [1.807, 2.05) is 0 Å². The molecule has 1 spiro atoms. The molecule has 0 radical (unpaired) electrons. The van der Waals surface area contributed by atoms with Gasteiger partial charge in [-0.15, -0.1) is 0 Å². The van der Waals surface area contributed by atoms with Crippen LogP contribution in [0.4, 0.5) is 4.79 Å². The third kappa shape index (κ3) is 3.00. The Bertz CT molecular complexity index is 386. The first-order valence-electron chi connectivity index (χ1n) is 8.09. The van der Waals surface area contributed by atoms with Crippen molar-refractivity contribution in [2.45, 2.75) is 57.4 Å². The zero-order valence-electron chi connectivity index (χ0n) is 12.2. The highest BCUT2D eigenvalue weighted by molar-refractivity contribution is 5.74. The predicted molar refractivity (Wildman–Crippen MR) is 78.6 cm³/mol. The van der Waals surface area contributed by atoms with E-state index >= 15 is 0 Å². The summed E-state index contributed by atoms with van der Waals surface area (Å²) in [6.07, 6.45) is 11.7. The minimum Gasteiger partial charge on any atom is -0.381 e. The van der Waals surface area contributed by atoms with Gasteiger partial charge in [0, 0.05) is 24.6 Å². The van der Waals surface area contributed by atoms with Crippen molar-refractivity contribution in [1.82, 2.24) is 10.6 Å². The molecule has 20 heavy (non-hydrogen) atoms.